The molecule has 3 aliphatic rings. The van der Waals surface area contributed by atoms with Gasteiger partial charge < -0.3 is 36.7 Å². The van der Waals surface area contributed by atoms with E-state index >= 15 is 0 Å². The van der Waals surface area contributed by atoms with Gasteiger partial charge in [-0.3, -0.25) is 28.8 Å². The van der Waals surface area contributed by atoms with Gasteiger partial charge in [-0.05, 0) is 60.1 Å². The highest BCUT2D eigenvalue weighted by Crippen LogP contribution is 2.25. The van der Waals surface area contributed by atoms with E-state index in [-0.39, 0.29) is 50.2 Å². The largest absolute Gasteiger partial charge is 0.469 e. The van der Waals surface area contributed by atoms with Crippen molar-refractivity contribution in [3.8, 4) is 0 Å². The molecule has 6 rings (SSSR count). The maximum Gasteiger partial charge on any atom is 0.244 e. The van der Waals surface area contributed by atoms with E-state index in [1.165, 1.54) is 12.3 Å². The van der Waals surface area contributed by atoms with E-state index in [0.29, 0.717) is 42.6 Å². The third kappa shape index (κ3) is 10.4. The molecule has 0 spiro atoms. The van der Waals surface area contributed by atoms with E-state index in [9.17, 15) is 28.8 Å². The molecular formula is C37H42N6O7. The Morgan fingerprint density at radius 3 is 2.22 bits per heavy atom. The van der Waals surface area contributed by atoms with Crippen LogP contribution in [-0.2, 0) is 61.1 Å². The lowest BCUT2D eigenvalue weighted by atomic mass is 9.85. The quantitative estimate of drug-likeness (QED) is 0.239. The highest BCUT2D eigenvalue weighted by molar-refractivity contribution is 5.96. The number of amides is 6. The molecule has 1 fully saturated rings. The lowest BCUT2D eigenvalue weighted by Crippen LogP contribution is -2.50. The molecule has 7 N–H and O–H groups in total. The Labute approximate surface area is 289 Å². The third-order valence-corrected chi connectivity index (χ3v) is 8.95. The van der Waals surface area contributed by atoms with E-state index in [2.05, 4.69) is 26.6 Å². The molecule has 1 aliphatic carbocycles. The Morgan fingerprint density at radius 1 is 0.740 bits per heavy atom. The Hall–Kier alpha value is -5.72. The van der Waals surface area contributed by atoms with E-state index in [1.54, 1.807) is 60.7 Å². The molecule has 0 radical (unpaired) electrons. The molecule has 13 nitrogen and oxygen atoms in total. The summed E-state index contributed by atoms with van der Waals surface area (Å²) in [6, 6.07) is 15.7. The number of carbonyl (C=O) groups excluding carboxylic acids is 6. The Balaban J connectivity index is 1.35. The zero-order chi connectivity index (χ0) is 35.5. The van der Waals surface area contributed by atoms with Crippen molar-refractivity contribution in [2.45, 2.75) is 76.2 Å². The molecule has 3 heterocycles. The Bertz CT molecular complexity index is 1730. The van der Waals surface area contributed by atoms with Crippen molar-refractivity contribution < 1.29 is 33.2 Å². The van der Waals surface area contributed by atoms with Crippen LogP contribution in [0.5, 0.6) is 0 Å². The maximum atomic E-state index is 13.5. The molecule has 0 unspecified atom stereocenters. The average molecular weight is 683 g/mol. The predicted molar refractivity (Wildman–Crippen MR) is 182 cm³/mol. The molecular weight excluding hydrogens is 640 g/mol. The summed E-state index contributed by atoms with van der Waals surface area (Å²) in [5.74, 6) is -2.50. The van der Waals surface area contributed by atoms with Crippen molar-refractivity contribution in [3.63, 3.8) is 0 Å². The van der Waals surface area contributed by atoms with Gasteiger partial charge >= 0.3 is 0 Å². The Morgan fingerprint density at radius 2 is 1.48 bits per heavy atom. The van der Waals surface area contributed by atoms with Crippen LogP contribution in [0, 0.1) is 5.92 Å². The van der Waals surface area contributed by atoms with Crippen LogP contribution in [0.15, 0.2) is 83.5 Å². The summed E-state index contributed by atoms with van der Waals surface area (Å²) in [7, 11) is 0. The molecule has 50 heavy (non-hydrogen) atoms. The second kappa shape index (κ2) is 17.1. The molecule has 0 saturated heterocycles. The minimum atomic E-state index is -0.996. The van der Waals surface area contributed by atoms with Gasteiger partial charge in [0.2, 0.25) is 35.4 Å². The predicted octanol–water partition coefficient (Wildman–Crippen LogP) is 1.24. The smallest absolute Gasteiger partial charge is 0.244 e. The third-order valence-electron chi connectivity index (χ3n) is 8.95. The number of hydrogen-bond donors (Lipinski definition) is 6. The van der Waals surface area contributed by atoms with Crippen LogP contribution in [0.1, 0.15) is 53.7 Å². The number of rotatable bonds is 3. The van der Waals surface area contributed by atoms with Gasteiger partial charge in [0.25, 0.3) is 0 Å². The van der Waals surface area contributed by atoms with Crippen molar-refractivity contribution in [3.05, 3.63) is 107 Å². The molecule has 2 aromatic carbocycles. The minimum Gasteiger partial charge on any atom is -0.469 e. The van der Waals surface area contributed by atoms with Gasteiger partial charge in [0, 0.05) is 50.0 Å². The van der Waals surface area contributed by atoms with Crippen molar-refractivity contribution in [1.82, 2.24) is 26.6 Å². The first-order valence-electron chi connectivity index (χ1n) is 16.7. The Kier molecular flexibility index (Phi) is 12.2. The first-order valence-corrected chi connectivity index (χ1v) is 16.7. The molecule has 1 saturated carbocycles. The molecule has 3 aromatic rings. The SMILES string of the molecule is NC(=O)[C@@H]1Cc2cccc(c2)CNC(=O)/C=C/C(=O)N[C@H]2CC[C@H](CC2)C(=O)N[C@@H](Cc2ccco2)C(=O)NCc2ccccc2CC(=O)N1. The molecule has 2 aliphatic heterocycles. The maximum absolute atomic E-state index is 13.5. The number of furan rings is 1. The first-order chi connectivity index (χ1) is 24.1. The summed E-state index contributed by atoms with van der Waals surface area (Å²) >= 11 is 0. The summed E-state index contributed by atoms with van der Waals surface area (Å²) in [6.45, 7) is 0.267. The molecule has 13 heteroatoms. The van der Waals surface area contributed by atoms with Crippen LogP contribution in [0.4, 0.5) is 0 Å². The summed E-state index contributed by atoms with van der Waals surface area (Å²) in [6.07, 6.45) is 6.19. The van der Waals surface area contributed by atoms with Gasteiger partial charge in [-0.25, -0.2) is 0 Å². The minimum absolute atomic E-state index is 0.0675. The summed E-state index contributed by atoms with van der Waals surface area (Å²) < 4.78 is 5.47. The highest BCUT2D eigenvalue weighted by atomic mass is 16.3. The van der Waals surface area contributed by atoms with Gasteiger partial charge in [0.15, 0.2) is 0 Å². The number of hydrogen-bond acceptors (Lipinski definition) is 7. The molecule has 1 aromatic heterocycles. The van der Waals surface area contributed by atoms with Crippen LogP contribution in [0.25, 0.3) is 0 Å². The number of nitrogens with one attached hydrogen (secondary N) is 5. The van der Waals surface area contributed by atoms with Gasteiger partial charge in [-0.15, -0.1) is 0 Å². The second-order valence-electron chi connectivity index (χ2n) is 12.7. The summed E-state index contributed by atoms with van der Waals surface area (Å²) in [4.78, 5) is 77.4. The molecule has 2 atom stereocenters. The fourth-order valence-electron chi connectivity index (χ4n) is 6.23. The molecule has 6 amide bonds. The topological polar surface area (TPSA) is 202 Å². The fraction of sp³-hybridized carbons (Fsp3) is 0.351. The van der Waals surface area contributed by atoms with Crippen molar-refractivity contribution in [2.75, 3.05) is 0 Å². The number of benzene rings is 2. The van der Waals surface area contributed by atoms with E-state index in [0.717, 1.165) is 17.2 Å². The first kappa shape index (κ1) is 35.6. The van der Waals surface area contributed by atoms with Gasteiger partial charge in [0.1, 0.15) is 17.8 Å². The fourth-order valence-corrected chi connectivity index (χ4v) is 6.23. The monoisotopic (exact) mass is 682 g/mol. The second-order valence-corrected chi connectivity index (χ2v) is 12.7. The lowest BCUT2D eigenvalue weighted by Gasteiger charge is -2.29. The number of nitrogens with two attached hydrogens (primary N) is 1. The molecule has 262 valence electrons. The summed E-state index contributed by atoms with van der Waals surface area (Å²) in [5, 5.41) is 14.2. The van der Waals surface area contributed by atoms with Crippen molar-refractivity contribution in [1.29, 1.82) is 0 Å². The normalized spacial score (nSPS) is 23.6. The van der Waals surface area contributed by atoms with E-state index in [4.69, 9.17) is 10.2 Å². The zero-order valence-electron chi connectivity index (χ0n) is 27.6. The zero-order valence-corrected chi connectivity index (χ0v) is 27.6. The summed E-state index contributed by atoms with van der Waals surface area (Å²) in [5.41, 5.74) is 8.48. The van der Waals surface area contributed by atoms with E-state index in [1.807, 2.05) is 0 Å². The number of primary amides is 1. The van der Waals surface area contributed by atoms with Crippen LogP contribution >= 0.6 is 0 Å². The van der Waals surface area contributed by atoms with Crippen LogP contribution < -0.4 is 32.3 Å². The van der Waals surface area contributed by atoms with Gasteiger partial charge in [0.05, 0.1) is 12.7 Å². The molecule has 4 bridgehead atoms. The van der Waals surface area contributed by atoms with E-state index < -0.39 is 41.6 Å². The lowest BCUT2D eigenvalue weighted by molar-refractivity contribution is -0.132. The highest BCUT2D eigenvalue weighted by Gasteiger charge is 2.30. The standard InChI is InChI=1S/C37H42N6O7/c38-35(47)30-18-23-5-3-6-24(17-23)21-39-32(44)14-15-33(45)41-28-12-10-25(11-13-28)36(48)43-31(20-29-9-4-16-50-29)37(49)40-22-27-8-2-1-7-26(27)19-34(46)42-30/h1-9,14-17,25,28,30-31H,10-13,18-22H2,(H2,38,47)(H,39,44)(H,40,49)(H,41,45)(H,42,46)(H,43,48)/b15-14+/t25-,28+,30-,31-/m0/s1. The van der Waals surface area contributed by atoms with Crippen LogP contribution in [-0.4, -0.2) is 53.6 Å². The van der Waals surface area contributed by atoms with Crippen molar-refractivity contribution in [2.24, 2.45) is 11.7 Å². The van der Waals surface area contributed by atoms with Crippen LogP contribution in [0.3, 0.4) is 0 Å². The van der Waals surface area contributed by atoms with Crippen molar-refractivity contribution >= 4 is 35.4 Å². The number of fused-ring (bicyclic) bond motifs is 16. The average Bonchev–Trinajstić information content (AvgIpc) is 3.62. The van der Waals surface area contributed by atoms with Crippen LogP contribution in [0.2, 0.25) is 0 Å². The number of carbonyl (C=O) groups is 6. The van der Waals surface area contributed by atoms with Gasteiger partial charge in [-0.1, -0.05) is 48.5 Å². The van der Waals surface area contributed by atoms with Gasteiger partial charge in [-0.2, -0.15) is 0 Å².